The molecule has 0 radical (unpaired) electrons. The van der Waals surface area contributed by atoms with E-state index in [1.54, 1.807) is 6.92 Å². The van der Waals surface area contributed by atoms with Gasteiger partial charge in [0.15, 0.2) is 6.10 Å². The molecule has 0 fully saturated rings. The Labute approximate surface area is 247 Å². The second-order valence-electron chi connectivity index (χ2n) is 10.1. The molecule has 3 amide bonds. The fourth-order valence-corrected chi connectivity index (χ4v) is 3.94. The van der Waals surface area contributed by atoms with E-state index in [9.17, 15) is 44.7 Å². The Morgan fingerprint density at radius 3 is 1.95 bits per heavy atom. The maximum atomic E-state index is 12.4. The van der Waals surface area contributed by atoms with Gasteiger partial charge in [-0.15, -0.1) is 0 Å². The first-order valence-corrected chi connectivity index (χ1v) is 14.7. The molecule has 0 aliphatic heterocycles. The minimum atomic E-state index is -2.10. The first kappa shape index (κ1) is 39.6. The van der Waals surface area contributed by atoms with Crippen LogP contribution in [0.5, 0.6) is 0 Å². The molecule has 0 heterocycles. The van der Waals surface area contributed by atoms with Crippen molar-refractivity contribution >= 4 is 23.7 Å². The second-order valence-corrected chi connectivity index (χ2v) is 10.1. The molecule has 0 bridgehead atoms. The van der Waals surface area contributed by atoms with Gasteiger partial charge in [-0.2, -0.15) is 0 Å². The van der Waals surface area contributed by atoms with E-state index in [1.165, 1.54) is 0 Å². The molecular weight excluding hydrogens is 556 g/mol. The van der Waals surface area contributed by atoms with E-state index < -0.39 is 55.0 Å². The van der Waals surface area contributed by atoms with E-state index in [-0.39, 0.29) is 31.4 Å². The topological polar surface area (TPSA) is 261 Å². The van der Waals surface area contributed by atoms with Gasteiger partial charge in [0, 0.05) is 25.9 Å². The number of amides is 3. The van der Waals surface area contributed by atoms with Gasteiger partial charge >= 0.3 is 5.97 Å². The number of rotatable bonds is 25. The van der Waals surface area contributed by atoms with E-state index in [2.05, 4.69) is 16.0 Å². The molecular formula is C27H52N4O11. The molecule has 0 aliphatic carbocycles. The van der Waals surface area contributed by atoms with Crippen molar-refractivity contribution in [3.05, 3.63) is 0 Å². The highest BCUT2D eigenvalue weighted by molar-refractivity contribution is 5.84. The van der Waals surface area contributed by atoms with Crippen molar-refractivity contribution in [3.8, 4) is 0 Å². The van der Waals surface area contributed by atoms with Crippen LogP contribution in [-0.4, -0.2) is 124 Å². The number of nitrogens with two attached hydrogens (primary N) is 1. The number of unbranched alkanes of at least 4 members (excludes halogenated alkanes) is 5. The molecule has 42 heavy (non-hydrogen) atoms. The fourth-order valence-electron chi connectivity index (χ4n) is 3.94. The van der Waals surface area contributed by atoms with Crippen molar-refractivity contribution in [2.75, 3.05) is 32.8 Å². The van der Waals surface area contributed by atoms with Gasteiger partial charge in [-0.1, -0.05) is 12.8 Å². The monoisotopic (exact) mass is 608 g/mol. The van der Waals surface area contributed by atoms with Crippen LogP contribution in [0.15, 0.2) is 0 Å². The predicted octanol–water partition coefficient (Wildman–Crippen LogP) is -2.69. The van der Waals surface area contributed by atoms with E-state index in [1.807, 2.05) is 0 Å². The number of aliphatic hydroxyl groups is 6. The van der Waals surface area contributed by atoms with Crippen LogP contribution in [0.25, 0.3) is 0 Å². The van der Waals surface area contributed by atoms with Gasteiger partial charge in [0.1, 0.15) is 30.5 Å². The lowest BCUT2D eigenvalue weighted by Crippen LogP contribution is -2.54. The van der Waals surface area contributed by atoms with E-state index in [4.69, 9.17) is 15.6 Å². The van der Waals surface area contributed by atoms with Crippen LogP contribution in [0.1, 0.15) is 77.6 Å². The molecule has 0 saturated carbocycles. The van der Waals surface area contributed by atoms with Crippen molar-refractivity contribution < 1.29 is 54.6 Å². The summed E-state index contributed by atoms with van der Waals surface area (Å²) >= 11 is 0. The van der Waals surface area contributed by atoms with Crippen LogP contribution < -0.4 is 21.7 Å². The molecule has 15 nitrogen and oxygen atoms in total. The molecule has 0 aliphatic rings. The molecule has 6 atom stereocenters. The maximum Gasteiger partial charge on any atom is 0.328 e. The Bertz CT molecular complexity index is 774. The zero-order chi connectivity index (χ0) is 31.9. The van der Waals surface area contributed by atoms with Gasteiger partial charge < -0.3 is 57.1 Å². The Hall–Kier alpha value is -2.40. The van der Waals surface area contributed by atoms with Gasteiger partial charge in [-0.05, 0) is 58.4 Å². The minimum absolute atomic E-state index is 0.0239. The lowest BCUT2D eigenvalue weighted by molar-refractivity contribution is -0.156. The summed E-state index contributed by atoms with van der Waals surface area (Å²) in [6, 6.07) is -0.802. The highest BCUT2D eigenvalue weighted by Crippen LogP contribution is 2.10. The number of nitrogens with one attached hydrogen (secondary N) is 3. The normalized spacial score (nSPS) is 15.5. The highest BCUT2D eigenvalue weighted by Gasteiger charge is 2.36. The summed E-state index contributed by atoms with van der Waals surface area (Å²) in [7, 11) is 0. The number of hydrogen-bond acceptors (Lipinski definition) is 12. The molecule has 0 aromatic rings. The zero-order valence-corrected chi connectivity index (χ0v) is 24.6. The molecule has 0 unspecified atom stereocenters. The zero-order valence-electron chi connectivity index (χ0n) is 24.6. The van der Waals surface area contributed by atoms with Crippen molar-refractivity contribution in [1.82, 2.24) is 16.0 Å². The second kappa shape index (κ2) is 24.1. The Kier molecular flexibility index (Phi) is 22.7. The smallest absolute Gasteiger partial charge is 0.328 e. The van der Waals surface area contributed by atoms with Crippen molar-refractivity contribution in [3.63, 3.8) is 0 Å². The lowest BCUT2D eigenvalue weighted by atomic mass is 9.99. The number of ether oxygens (including phenoxy) is 1. The first-order valence-electron chi connectivity index (χ1n) is 14.7. The van der Waals surface area contributed by atoms with Gasteiger partial charge in [0.25, 0.3) is 5.91 Å². The van der Waals surface area contributed by atoms with Crippen molar-refractivity contribution in [1.29, 1.82) is 0 Å². The Morgan fingerprint density at radius 2 is 1.33 bits per heavy atom. The summed E-state index contributed by atoms with van der Waals surface area (Å²) in [5.41, 5.74) is 5.44. The minimum Gasteiger partial charge on any atom is -0.464 e. The summed E-state index contributed by atoms with van der Waals surface area (Å²) < 4.78 is 5.06. The van der Waals surface area contributed by atoms with Gasteiger partial charge in [-0.25, -0.2) is 4.79 Å². The predicted molar refractivity (Wildman–Crippen MR) is 152 cm³/mol. The van der Waals surface area contributed by atoms with Gasteiger partial charge in [-0.3, -0.25) is 14.4 Å². The van der Waals surface area contributed by atoms with Crippen LogP contribution in [0.2, 0.25) is 0 Å². The number of esters is 1. The maximum absolute atomic E-state index is 12.4. The van der Waals surface area contributed by atoms with E-state index in [0.29, 0.717) is 58.0 Å². The number of carbonyl (C=O) groups excluding carboxylic acids is 4. The average molecular weight is 609 g/mol. The fraction of sp³-hybridized carbons (Fsp3) is 0.852. The van der Waals surface area contributed by atoms with Crippen LogP contribution in [-0.2, 0) is 23.9 Å². The molecule has 0 saturated heterocycles. The SMILES string of the molecule is CCOC(=O)[C@H](CCCCNC(=O)CCCCCN)NC(=O)CCCCCNC(=O)[C@@H](O)[C@H](O)[C@@H](O)[C@@H](O)[C@@H](O)CO. The van der Waals surface area contributed by atoms with Crippen molar-refractivity contribution in [2.24, 2.45) is 5.73 Å². The number of hydrogen-bond donors (Lipinski definition) is 10. The molecule has 15 heteroatoms. The number of aliphatic hydroxyl groups excluding tert-OH is 6. The highest BCUT2D eigenvalue weighted by atomic mass is 16.5. The molecule has 0 rings (SSSR count). The molecule has 11 N–H and O–H groups in total. The summed E-state index contributed by atoms with van der Waals surface area (Å²) in [5.74, 6) is -1.89. The largest absolute Gasteiger partial charge is 0.464 e. The van der Waals surface area contributed by atoms with E-state index >= 15 is 0 Å². The molecule has 0 aromatic heterocycles. The van der Waals surface area contributed by atoms with Crippen LogP contribution in [0, 0.1) is 0 Å². The third-order valence-electron chi connectivity index (χ3n) is 6.51. The van der Waals surface area contributed by atoms with Gasteiger partial charge in [0.05, 0.1) is 13.2 Å². The third-order valence-corrected chi connectivity index (χ3v) is 6.51. The quantitative estimate of drug-likeness (QED) is 0.0375. The molecule has 0 spiro atoms. The van der Waals surface area contributed by atoms with Crippen LogP contribution in [0.3, 0.4) is 0 Å². The Morgan fingerprint density at radius 1 is 0.738 bits per heavy atom. The summed E-state index contributed by atoms with van der Waals surface area (Å²) in [6.07, 6.45) is -3.85. The summed E-state index contributed by atoms with van der Waals surface area (Å²) in [5, 5.41) is 65.1. The molecule has 246 valence electrons. The van der Waals surface area contributed by atoms with Gasteiger partial charge in [0.2, 0.25) is 11.8 Å². The lowest BCUT2D eigenvalue weighted by Gasteiger charge is -2.27. The average Bonchev–Trinajstić information content (AvgIpc) is 2.98. The summed E-state index contributed by atoms with van der Waals surface area (Å²) in [4.78, 5) is 48.5. The van der Waals surface area contributed by atoms with E-state index in [0.717, 1.165) is 19.3 Å². The first-order chi connectivity index (χ1) is 20.0. The standard InChI is InChI=1S/C27H52N4O11/c1-2-42-27(41)18(11-7-10-15-29-20(34)12-5-3-8-14-28)31-21(35)13-6-4-9-16-30-26(40)25(39)24(38)23(37)22(36)19(33)17-32/h18-19,22-25,32-33,36-39H,2-17,28H2,1H3,(H,29,34)(H,30,40)(H,31,35)/t18-,19-,22-,23-,24+,25-/m0/s1. The van der Waals surface area contributed by atoms with Crippen LogP contribution in [0.4, 0.5) is 0 Å². The third kappa shape index (κ3) is 17.5. The summed E-state index contributed by atoms with van der Waals surface area (Å²) in [6.45, 7) is 2.13. The van der Waals surface area contributed by atoms with Crippen molar-refractivity contribution in [2.45, 2.75) is 114 Å². The molecule has 0 aromatic carbocycles. The van der Waals surface area contributed by atoms with Crippen LogP contribution >= 0.6 is 0 Å². The Balaban J connectivity index is 4.31. The number of carbonyl (C=O) groups is 4.